The van der Waals surface area contributed by atoms with E-state index in [0.29, 0.717) is 18.5 Å². The summed E-state index contributed by atoms with van der Waals surface area (Å²) in [5, 5.41) is 3.25. The minimum atomic E-state index is -3.85. The van der Waals surface area contributed by atoms with Gasteiger partial charge in [-0.15, -0.1) is 0 Å². The molecule has 0 aliphatic carbocycles. The Morgan fingerprint density at radius 3 is 2.53 bits per heavy atom. The predicted octanol–water partition coefficient (Wildman–Crippen LogP) is 1.39. The van der Waals surface area contributed by atoms with Gasteiger partial charge in [0.05, 0.1) is 4.90 Å². The molecule has 1 aromatic carbocycles. The van der Waals surface area contributed by atoms with Gasteiger partial charge in [0.2, 0.25) is 10.0 Å². The second kappa shape index (κ2) is 5.94. The fourth-order valence-corrected chi connectivity index (χ4v) is 3.23. The lowest BCUT2D eigenvalue weighted by atomic mass is 10.2. The topological polar surface area (TPSA) is 58.2 Å². The average molecular weight is 290 g/mol. The van der Waals surface area contributed by atoms with Crippen LogP contribution in [0.3, 0.4) is 0 Å². The van der Waals surface area contributed by atoms with Crippen molar-refractivity contribution in [2.24, 2.45) is 0 Å². The van der Waals surface area contributed by atoms with Crippen LogP contribution in [0.5, 0.6) is 0 Å². The molecule has 19 heavy (non-hydrogen) atoms. The number of rotatable bonds is 5. The van der Waals surface area contributed by atoms with Crippen molar-refractivity contribution in [1.82, 2.24) is 10.0 Å². The quantitative estimate of drug-likeness (QED) is 0.861. The zero-order valence-corrected chi connectivity index (χ0v) is 11.1. The maximum atomic E-state index is 13.0. The number of nitrogens with one attached hydrogen (secondary N) is 2. The summed E-state index contributed by atoms with van der Waals surface area (Å²) in [6.45, 7) is 1.20. The van der Waals surface area contributed by atoms with Gasteiger partial charge in [0, 0.05) is 18.7 Å². The van der Waals surface area contributed by atoms with Crippen LogP contribution >= 0.6 is 0 Å². The highest BCUT2D eigenvalue weighted by Gasteiger charge is 2.18. The number of hydrogen-bond acceptors (Lipinski definition) is 3. The third-order valence-electron chi connectivity index (χ3n) is 3.09. The van der Waals surface area contributed by atoms with Gasteiger partial charge < -0.3 is 5.32 Å². The molecular weight excluding hydrogens is 274 g/mol. The largest absolute Gasteiger partial charge is 0.314 e. The number of halogens is 2. The molecule has 1 fully saturated rings. The zero-order chi connectivity index (χ0) is 13.9. The first-order chi connectivity index (χ1) is 8.97. The lowest BCUT2D eigenvalue weighted by molar-refractivity contribution is 0.536. The van der Waals surface area contributed by atoms with Crippen LogP contribution in [0.2, 0.25) is 0 Å². The van der Waals surface area contributed by atoms with Crippen LogP contribution in [0.25, 0.3) is 0 Å². The van der Waals surface area contributed by atoms with Crippen LogP contribution in [0.15, 0.2) is 23.1 Å². The van der Waals surface area contributed by atoms with Crippen molar-refractivity contribution in [3.63, 3.8) is 0 Å². The van der Waals surface area contributed by atoms with Crippen LogP contribution in [-0.4, -0.2) is 27.5 Å². The lowest BCUT2D eigenvalue weighted by Gasteiger charge is -2.11. The van der Waals surface area contributed by atoms with E-state index in [1.807, 2.05) is 0 Å². The molecular formula is C12H16F2N2O2S. The molecule has 7 heteroatoms. The van der Waals surface area contributed by atoms with Gasteiger partial charge in [-0.2, -0.15) is 0 Å². The average Bonchev–Trinajstić information content (AvgIpc) is 2.80. The Hall–Kier alpha value is -1.05. The molecule has 1 aliphatic rings. The molecule has 0 radical (unpaired) electrons. The van der Waals surface area contributed by atoms with Gasteiger partial charge >= 0.3 is 0 Å². The van der Waals surface area contributed by atoms with E-state index in [4.69, 9.17) is 0 Å². The molecule has 0 bridgehead atoms. The summed E-state index contributed by atoms with van der Waals surface area (Å²) >= 11 is 0. The first-order valence-corrected chi connectivity index (χ1v) is 7.65. The van der Waals surface area contributed by atoms with Crippen molar-refractivity contribution >= 4 is 10.0 Å². The molecule has 0 aromatic heterocycles. The molecule has 0 saturated carbocycles. The van der Waals surface area contributed by atoms with Crippen LogP contribution in [0.4, 0.5) is 8.78 Å². The third kappa shape index (κ3) is 3.95. The van der Waals surface area contributed by atoms with Crippen molar-refractivity contribution in [2.75, 3.05) is 13.1 Å². The van der Waals surface area contributed by atoms with E-state index in [2.05, 4.69) is 10.0 Å². The molecule has 0 amide bonds. The smallest absolute Gasteiger partial charge is 0.240 e. The normalized spacial score (nSPS) is 19.8. The monoisotopic (exact) mass is 290 g/mol. The maximum Gasteiger partial charge on any atom is 0.240 e. The summed E-state index contributed by atoms with van der Waals surface area (Å²) in [5.41, 5.74) is 0. The molecule has 106 valence electrons. The Morgan fingerprint density at radius 2 is 1.95 bits per heavy atom. The van der Waals surface area contributed by atoms with Crippen molar-refractivity contribution in [1.29, 1.82) is 0 Å². The van der Waals surface area contributed by atoms with E-state index in [1.165, 1.54) is 0 Å². The van der Waals surface area contributed by atoms with Gasteiger partial charge in [-0.05, 0) is 37.9 Å². The van der Waals surface area contributed by atoms with E-state index >= 15 is 0 Å². The number of hydrogen-bond donors (Lipinski definition) is 2. The van der Waals surface area contributed by atoms with Crippen molar-refractivity contribution in [3.8, 4) is 0 Å². The Morgan fingerprint density at radius 1 is 1.26 bits per heavy atom. The summed E-state index contributed by atoms with van der Waals surface area (Å²) in [4.78, 5) is -0.385. The van der Waals surface area contributed by atoms with Crippen LogP contribution in [0.1, 0.15) is 19.3 Å². The molecule has 2 N–H and O–H groups in total. The highest BCUT2D eigenvalue weighted by atomic mass is 32.2. The molecule has 0 unspecified atom stereocenters. The Balaban J connectivity index is 1.97. The number of benzene rings is 1. The summed E-state index contributed by atoms with van der Waals surface area (Å²) in [6.07, 6.45) is 2.78. The first-order valence-electron chi connectivity index (χ1n) is 6.16. The van der Waals surface area contributed by atoms with Gasteiger partial charge in [-0.25, -0.2) is 21.9 Å². The first kappa shape index (κ1) is 14.4. The molecule has 1 aromatic rings. The van der Waals surface area contributed by atoms with E-state index in [1.54, 1.807) is 0 Å². The second-order valence-corrected chi connectivity index (χ2v) is 6.35. The van der Waals surface area contributed by atoms with Gasteiger partial charge in [0.15, 0.2) is 0 Å². The van der Waals surface area contributed by atoms with E-state index < -0.39 is 21.7 Å². The summed E-state index contributed by atoms with van der Waals surface area (Å²) in [7, 11) is -3.85. The fraction of sp³-hybridized carbons (Fsp3) is 0.500. The van der Waals surface area contributed by atoms with Crippen LogP contribution in [0, 0.1) is 11.6 Å². The zero-order valence-electron chi connectivity index (χ0n) is 10.3. The molecule has 1 heterocycles. The van der Waals surface area contributed by atoms with Gasteiger partial charge in [0.25, 0.3) is 0 Å². The molecule has 1 atom stereocenters. The van der Waals surface area contributed by atoms with Crippen molar-refractivity contribution in [3.05, 3.63) is 29.8 Å². The van der Waals surface area contributed by atoms with E-state index in [9.17, 15) is 17.2 Å². The van der Waals surface area contributed by atoms with Gasteiger partial charge in [-0.3, -0.25) is 0 Å². The van der Waals surface area contributed by atoms with E-state index in [-0.39, 0.29) is 11.4 Å². The highest BCUT2D eigenvalue weighted by Crippen LogP contribution is 2.14. The summed E-state index contributed by atoms with van der Waals surface area (Å²) < 4.78 is 52.0. The summed E-state index contributed by atoms with van der Waals surface area (Å²) in [6, 6.07) is 2.56. The van der Waals surface area contributed by atoms with Crippen LogP contribution < -0.4 is 10.0 Å². The van der Waals surface area contributed by atoms with Crippen molar-refractivity contribution < 1.29 is 17.2 Å². The second-order valence-electron chi connectivity index (χ2n) is 4.58. The maximum absolute atomic E-state index is 13.0. The van der Waals surface area contributed by atoms with E-state index in [0.717, 1.165) is 31.5 Å². The molecule has 1 saturated heterocycles. The standard InChI is InChI=1S/C12H16F2N2O2S/c13-9-6-10(14)8-12(7-9)19(17,18)16-5-3-11-2-1-4-15-11/h6-8,11,15-16H,1-5H2/t11-/m1/s1. The highest BCUT2D eigenvalue weighted by molar-refractivity contribution is 7.89. The molecule has 1 aliphatic heterocycles. The van der Waals surface area contributed by atoms with Crippen molar-refractivity contribution in [2.45, 2.75) is 30.2 Å². The molecule has 4 nitrogen and oxygen atoms in total. The predicted molar refractivity (Wildman–Crippen MR) is 67.2 cm³/mol. The molecule has 2 rings (SSSR count). The third-order valence-corrected chi connectivity index (χ3v) is 4.53. The summed E-state index contributed by atoms with van der Waals surface area (Å²) in [5.74, 6) is -1.81. The Labute approximate surface area is 111 Å². The Bertz CT molecular complexity index is 522. The molecule has 0 spiro atoms. The van der Waals surface area contributed by atoms with Crippen LogP contribution in [-0.2, 0) is 10.0 Å². The minimum absolute atomic E-state index is 0.248. The number of sulfonamides is 1. The SMILES string of the molecule is O=S(=O)(NCC[C@H]1CCCN1)c1cc(F)cc(F)c1. The van der Waals surface area contributed by atoms with Gasteiger partial charge in [0.1, 0.15) is 11.6 Å². The Kier molecular flexibility index (Phi) is 4.49. The lowest BCUT2D eigenvalue weighted by Crippen LogP contribution is -2.30. The van der Waals surface area contributed by atoms with Gasteiger partial charge in [-0.1, -0.05) is 0 Å². The fourth-order valence-electron chi connectivity index (χ4n) is 2.14. The minimum Gasteiger partial charge on any atom is -0.314 e.